The average Bonchev–Trinajstić information content (AvgIpc) is 2.98. The summed E-state index contributed by atoms with van der Waals surface area (Å²) in [5.41, 5.74) is 0.888. The van der Waals surface area contributed by atoms with E-state index in [-0.39, 0.29) is 0 Å². The fourth-order valence-corrected chi connectivity index (χ4v) is 1.85. The third-order valence-corrected chi connectivity index (χ3v) is 2.83. The van der Waals surface area contributed by atoms with Gasteiger partial charge >= 0.3 is 0 Å². The fourth-order valence-electron chi connectivity index (χ4n) is 1.85. The molecule has 1 unspecified atom stereocenters. The van der Waals surface area contributed by atoms with E-state index in [2.05, 4.69) is 0 Å². The van der Waals surface area contributed by atoms with Crippen LogP contribution in [-0.2, 0) is 4.74 Å². The van der Waals surface area contributed by atoms with Crippen LogP contribution in [0, 0.1) is 17.6 Å². The van der Waals surface area contributed by atoms with Gasteiger partial charge in [0.2, 0.25) is 0 Å². The van der Waals surface area contributed by atoms with E-state index in [1.165, 1.54) is 12.1 Å². The summed E-state index contributed by atoms with van der Waals surface area (Å²) in [7, 11) is 0. The van der Waals surface area contributed by atoms with Crippen LogP contribution in [0.15, 0.2) is 18.2 Å². The van der Waals surface area contributed by atoms with E-state index in [0.29, 0.717) is 18.4 Å². The minimum absolute atomic E-state index is 0.353. The maximum absolute atomic E-state index is 12.9. The zero-order chi connectivity index (χ0) is 10.8. The smallest absolute Gasteiger partial charge is 0.159 e. The first-order valence-corrected chi connectivity index (χ1v) is 5.25. The Kier molecular flexibility index (Phi) is 3.00. The lowest BCUT2D eigenvalue weighted by Gasteiger charge is -2.02. The Morgan fingerprint density at radius 3 is 2.80 bits per heavy atom. The molecule has 0 saturated heterocycles. The Morgan fingerprint density at radius 1 is 1.33 bits per heavy atom. The molecule has 1 nitrogen and oxygen atoms in total. The van der Waals surface area contributed by atoms with Gasteiger partial charge in [0.25, 0.3) is 0 Å². The SMILES string of the molecule is CCOCC1C[C@H]1c1ccc(F)c(F)c1. The molecule has 3 heteroatoms. The average molecular weight is 212 g/mol. The van der Waals surface area contributed by atoms with Crippen molar-refractivity contribution < 1.29 is 13.5 Å². The van der Waals surface area contributed by atoms with Crippen molar-refractivity contribution in [3.63, 3.8) is 0 Å². The summed E-state index contributed by atoms with van der Waals surface area (Å²) >= 11 is 0. The lowest BCUT2D eigenvalue weighted by Crippen LogP contribution is -1.97. The number of halogens is 2. The number of ether oxygens (including phenoxy) is 1. The van der Waals surface area contributed by atoms with Gasteiger partial charge in [0.05, 0.1) is 0 Å². The van der Waals surface area contributed by atoms with Crippen molar-refractivity contribution >= 4 is 0 Å². The van der Waals surface area contributed by atoms with Crippen molar-refractivity contribution in [2.45, 2.75) is 19.3 Å². The van der Waals surface area contributed by atoms with Crippen molar-refractivity contribution in [3.8, 4) is 0 Å². The van der Waals surface area contributed by atoms with E-state index in [1.807, 2.05) is 6.92 Å². The molecule has 0 heterocycles. The second-order valence-electron chi connectivity index (χ2n) is 3.94. The van der Waals surface area contributed by atoms with Crippen molar-refractivity contribution in [2.24, 2.45) is 5.92 Å². The molecule has 15 heavy (non-hydrogen) atoms. The summed E-state index contributed by atoms with van der Waals surface area (Å²) in [6, 6.07) is 4.15. The summed E-state index contributed by atoms with van der Waals surface area (Å²) in [6.07, 6.45) is 1.02. The largest absolute Gasteiger partial charge is 0.381 e. The highest BCUT2D eigenvalue weighted by molar-refractivity contribution is 5.27. The normalized spacial score (nSPS) is 24.2. The molecule has 0 N–H and O–H groups in total. The van der Waals surface area contributed by atoms with Gasteiger partial charge in [-0.3, -0.25) is 0 Å². The lowest BCUT2D eigenvalue weighted by atomic mass is 10.1. The van der Waals surface area contributed by atoms with Crippen molar-refractivity contribution in [1.82, 2.24) is 0 Å². The molecule has 2 atom stereocenters. The standard InChI is InChI=1S/C12H14F2O/c1-2-15-7-9-5-10(9)8-3-4-11(13)12(14)6-8/h3-4,6,9-10H,2,5,7H2,1H3/t9?,10-/m0/s1. The number of hydrogen-bond acceptors (Lipinski definition) is 1. The first-order chi connectivity index (χ1) is 7.22. The van der Waals surface area contributed by atoms with E-state index in [4.69, 9.17) is 4.74 Å². The molecule has 1 aliphatic rings. The summed E-state index contributed by atoms with van der Waals surface area (Å²) in [5, 5.41) is 0. The van der Waals surface area contributed by atoms with Gasteiger partial charge in [-0.15, -0.1) is 0 Å². The van der Waals surface area contributed by atoms with Gasteiger partial charge in [-0.05, 0) is 42.9 Å². The predicted octanol–water partition coefficient (Wildman–Crippen LogP) is 3.10. The van der Waals surface area contributed by atoms with E-state index in [0.717, 1.165) is 18.6 Å². The molecule has 0 radical (unpaired) electrons. The number of benzene rings is 1. The maximum atomic E-state index is 12.9. The molecule has 0 aliphatic heterocycles. The summed E-state index contributed by atoms with van der Waals surface area (Å²) in [6.45, 7) is 3.39. The van der Waals surface area contributed by atoms with E-state index >= 15 is 0 Å². The van der Waals surface area contributed by atoms with Gasteiger partial charge in [-0.1, -0.05) is 6.07 Å². The van der Waals surface area contributed by atoms with Crippen LogP contribution < -0.4 is 0 Å². The number of hydrogen-bond donors (Lipinski definition) is 0. The van der Waals surface area contributed by atoms with Crippen LogP contribution in [0.4, 0.5) is 8.78 Å². The van der Waals surface area contributed by atoms with Gasteiger partial charge in [-0.25, -0.2) is 8.78 Å². The van der Waals surface area contributed by atoms with E-state index in [1.54, 1.807) is 6.07 Å². The second-order valence-corrected chi connectivity index (χ2v) is 3.94. The van der Waals surface area contributed by atoms with Crippen LogP contribution in [0.2, 0.25) is 0 Å². The van der Waals surface area contributed by atoms with Crippen LogP contribution in [0.3, 0.4) is 0 Å². The van der Waals surface area contributed by atoms with Crippen molar-refractivity contribution in [2.75, 3.05) is 13.2 Å². The quantitative estimate of drug-likeness (QED) is 0.745. The van der Waals surface area contributed by atoms with E-state index < -0.39 is 11.6 Å². The molecule has 0 bridgehead atoms. The van der Waals surface area contributed by atoms with E-state index in [9.17, 15) is 8.78 Å². The zero-order valence-electron chi connectivity index (χ0n) is 8.67. The highest BCUT2D eigenvalue weighted by Gasteiger charge is 2.38. The molecule has 1 aromatic rings. The molecule has 1 fully saturated rings. The fraction of sp³-hybridized carbons (Fsp3) is 0.500. The van der Waals surface area contributed by atoms with Crippen LogP contribution in [0.5, 0.6) is 0 Å². The molecular weight excluding hydrogens is 198 g/mol. The van der Waals surface area contributed by atoms with Crippen LogP contribution in [0.25, 0.3) is 0 Å². The Bertz CT molecular complexity index is 351. The summed E-state index contributed by atoms with van der Waals surface area (Å²) in [5.74, 6) is -0.697. The molecule has 1 aromatic carbocycles. The van der Waals surface area contributed by atoms with Crippen LogP contribution in [0.1, 0.15) is 24.8 Å². The molecule has 82 valence electrons. The molecule has 0 spiro atoms. The van der Waals surface area contributed by atoms with Gasteiger partial charge in [0.1, 0.15) is 0 Å². The minimum atomic E-state index is -0.777. The summed E-state index contributed by atoms with van der Waals surface area (Å²) < 4.78 is 30.9. The van der Waals surface area contributed by atoms with Crippen LogP contribution in [-0.4, -0.2) is 13.2 Å². The van der Waals surface area contributed by atoms with Crippen molar-refractivity contribution in [1.29, 1.82) is 0 Å². The first kappa shape index (κ1) is 10.6. The Hall–Kier alpha value is -0.960. The van der Waals surface area contributed by atoms with Gasteiger partial charge < -0.3 is 4.74 Å². The monoisotopic (exact) mass is 212 g/mol. The highest BCUT2D eigenvalue weighted by atomic mass is 19.2. The molecule has 2 rings (SSSR count). The Labute approximate surface area is 88.1 Å². The molecular formula is C12H14F2O. The lowest BCUT2D eigenvalue weighted by molar-refractivity contribution is 0.136. The zero-order valence-corrected chi connectivity index (χ0v) is 8.67. The Morgan fingerprint density at radius 2 is 2.13 bits per heavy atom. The third kappa shape index (κ3) is 2.34. The van der Waals surface area contributed by atoms with Gasteiger partial charge in [-0.2, -0.15) is 0 Å². The predicted molar refractivity (Wildman–Crippen MR) is 53.7 cm³/mol. The highest BCUT2D eigenvalue weighted by Crippen LogP contribution is 2.47. The van der Waals surface area contributed by atoms with Gasteiger partial charge in [0.15, 0.2) is 11.6 Å². The molecule has 0 aromatic heterocycles. The van der Waals surface area contributed by atoms with Crippen molar-refractivity contribution in [3.05, 3.63) is 35.4 Å². The molecule has 1 saturated carbocycles. The number of rotatable bonds is 4. The summed E-state index contributed by atoms with van der Waals surface area (Å²) in [4.78, 5) is 0. The maximum Gasteiger partial charge on any atom is 0.159 e. The minimum Gasteiger partial charge on any atom is -0.381 e. The molecule has 0 amide bonds. The molecule has 1 aliphatic carbocycles. The second kappa shape index (κ2) is 4.27. The Balaban J connectivity index is 1.98. The third-order valence-electron chi connectivity index (χ3n) is 2.83. The first-order valence-electron chi connectivity index (χ1n) is 5.25. The van der Waals surface area contributed by atoms with Gasteiger partial charge in [0, 0.05) is 13.2 Å². The topological polar surface area (TPSA) is 9.23 Å². The van der Waals surface area contributed by atoms with Crippen LogP contribution >= 0.6 is 0 Å².